The second-order valence-corrected chi connectivity index (χ2v) is 7.32. The van der Waals surface area contributed by atoms with Gasteiger partial charge in [-0.05, 0) is 46.0 Å². The highest BCUT2D eigenvalue weighted by Crippen LogP contribution is 2.44. The van der Waals surface area contributed by atoms with Crippen molar-refractivity contribution < 1.29 is 4.74 Å². The van der Waals surface area contributed by atoms with Gasteiger partial charge in [-0.25, -0.2) is 0 Å². The van der Waals surface area contributed by atoms with Crippen LogP contribution in [0.1, 0.15) is 80.2 Å². The summed E-state index contributed by atoms with van der Waals surface area (Å²) in [5.74, 6) is 0. The van der Waals surface area contributed by atoms with E-state index in [9.17, 15) is 0 Å². The molecule has 1 aliphatic heterocycles. The fourth-order valence-corrected chi connectivity index (χ4v) is 4.58. The number of hydrogen-bond donors (Lipinski definition) is 0. The fourth-order valence-electron chi connectivity index (χ4n) is 4.27. The lowest BCUT2D eigenvalue weighted by Crippen LogP contribution is -2.38. The summed E-state index contributed by atoms with van der Waals surface area (Å²) in [4.78, 5) is 0. The number of rotatable bonds is 3. The predicted molar refractivity (Wildman–Crippen MR) is 86.0 cm³/mol. The Morgan fingerprint density at radius 2 is 2.10 bits per heavy atom. The van der Waals surface area contributed by atoms with E-state index in [4.69, 9.17) is 21.4 Å². The Balaban J connectivity index is 1.86. The first-order valence-corrected chi connectivity index (χ1v) is 8.83. The van der Waals surface area contributed by atoms with Gasteiger partial charge in [0.2, 0.25) is 0 Å². The summed E-state index contributed by atoms with van der Waals surface area (Å²) in [5.41, 5.74) is 3.74. The van der Waals surface area contributed by atoms with E-state index in [-0.39, 0.29) is 11.0 Å². The van der Waals surface area contributed by atoms with Crippen LogP contribution in [-0.4, -0.2) is 22.0 Å². The van der Waals surface area contributed by atoms with Gasteiger partial charge in [0.1, 0.15) is 0 Å². The quantitative estimate of drug-likeness (QED) is 0.746. The number of ether oxygens (including phenoxy) is 1. The molecule has 3 rings (SSSR count). The van der Waals surface area contributed by atoms with E-state index in [0.29, 0.717) is 6.04 Å². The lowest BCUT2D eigenvalue weighted by Gasteiger charge is -2.38. The van der Waals surface area contributed by atoms with Gasteiger partial charge >= 0.3 is 0 Å². The summed E-state index contributed by atoms with van der Waals surface area (Å²) in [7, 11) is 0. The molecule has 0 aromatic carbocycles. The zero-order chi connectivity index (χ0) is 15.0. The van der Waals surface area contributed by atoms with Crippen molar-refractivity contribution in [2.75, 3.05) is 6.61 Å². The molecule has 0 N–H and O–H groups in total. The second kappa shape index (κ2) is 5.92. The molecule has 1 aromatic rings. The molecule has 21 heavy (non-hydrogen) atoms. The van der Waals surface area contributed by atoms with Gasteiger partial charge in [0.15, 0.2) is 0 Å². The van der Waals surface area contributed by atoms with Crippen molar-refractivity contribution in [2.24, 2.45) is 0 Å². The summed E-state index contributed by atoms with van der Waals surface area (Å²) < 4.78 is 8.40. The SMILES string of the molecule is CCC(Cl)c1c(C)nn(C2CCOC3(CCCC3)C2)c1C. The lowest BCUT2D eigenvalue weighted by molar-refractivity contribution is -0.0912. The zero-order valence-electron chi connectivity index (χ0n) is 13.5. The van der Waals surface area contributed by atoms with Gasteiger partial charge in [-0.2, -0.15) is 5.10 Å². The van der Waals surface area contributed by atoms with Crippen LogP contribution in [0.3, 0.4) is 0 Å². The molecule has 2 heterocycles. The first-order valence-electron chi connectivity index (χ1n) is 8.40. The molecule has 2 atom stereocenters. The summed E-state index contributed by atoms with van der Waals surface area (Å²) in [6, 6.07) is 0.477. The molecular weight excluding hydrogens is 284 g/mol. The number of hydrogen-bond acceptors (Lipinski definition) is 2. The van der Waals surface area contributed by atoms with Crippen molar-refractivity contribution in [2.45, 2.75) is 82.7 Å². The molecule has 2 unspecified atom stereocenters. The first-order chi connectivity index (χ1) is 10.1. The van der Waals surface area contributed by atoms with Crippen molar-refractivity contribution in [1.29, 1.82) is 0 Å². The van der Waals surface area contributed by atoms with Gasteiger partial charge in [0.05, 0.1) is 22.7 Å². The van der Waals surface area contributed by atoms with Crippen molar-refractivity contribution in [3.8, 4) is 0 Å². The Morgan fingerprint density at radius 1 is 1.38 bits per heavy atom. The van der Waals surface area contributed by atoms with Crippen LogP contribution in [0.5, 0.6) is 0 Å². The van der Waals surface area contributed by atoms with Crippen LogP contribution in [0.4, 0.5) is 0 Å². The topological polar surface area (TPSA) is 27.1 Å². The van der Waals surface area contributed by atoms with Gasteiger partial charge in [0.25, 0.3) is 0 Å². The summed E-state index contributed by atoms with van der Waals surface area (Å²) in [6.07, 6.45) is 8.22. The molecule has 0 radical (unpaired) electrons. The van der Waals surface area contributed by atoms with Crippen LogP contribution in [-0.2, 0) is 4.74 Å². The summed E-state index contributed by atoms with van der Waals surface area (Å²) in [5, 5.41) is 4.92. The average molecular weight is 311 g/mol. The molecule has 1 spiro atoms. The van der Waals surface area contributed by atoms with Crippen molar-refractivity contribution >= 4 is 11.6 Å². The number of alkyl halides is 1. The minimum atomic E-state index is 0.0824. The molecule has 1 saturated heterocycles. The van der Waals surface area contributed by atoms with E-state index in [1.54, 1.807) is 0 Å². The fraction of sp³-hybridized carbons (Fsp3) is 0.824. The van der Waals surface area contributed by atoms with E-state index in [1.807, 2.05) is 0 Å². The van der Waals surface area contributed by atoms with Crippen LogP contribution < -0.4 is 0 Å². The summed E-state index contributed by atoms with van der Waals surface area (Å²) >= 11 is 6.50. The third-order valence-electron chi connectivity index (χ3n) is 5.38. The standard InChI is InChI=1S/C17H27ClN2O/c1-4-15(18)16-12(2)19-20(13(16)3)14-7-10-21-17(11-14)8-5-6-9-17/h14-15H,4-11H2,1-3H3. The number of aromatic nitrogens is 2. The molecule has 2 fully saturated rings. The summed E-state index contributed by atoms with van der Waals surface area (Å²) in [6.45, 7) is 7.28. The third-order valence-corrected chi connectivity index (χ3v) is 5.91. The van der Waals surface area contributed by atoms with Gasteiger partial charge in [-0.3, -0.25) is 4.68 Å². The Kier molecular flexibility index (Phi) is 4.33. The van der Waals surface area contributed by atoms with E-state index in [0.717, 1.165) is 31.6 Å². The third kappa shape index (κ3) is 2.75. The Hall–Kier alpha value is -0.540. The Bertz CT molecular complexity index is 505. The monoisotopic (exact) mass is 310 g/mol. The molecule has 2 aliphatic rings. The normalized spacial score (nSPS) is 26.4. The maximum absolute atomic E-state index is 6.50. The van der Waals surface area contributed by atoms with Gasteiger partial charge in [-0.1, -0.05) is 19.8 Å². The highest BCUT2D eigenvalue weighted by Gasteiger charge is 2.41. The van der Waals surface area contributed by atoms with Crippen LogP contribution in [0.25, 0.3) is 0 Å². The molecule has 1 aromatic heterocycles. The van der Waals surface area contributed by atoms with Crippen molar-refractivity contribution in [3.63, 3.8) is 0 Å². The highest BCUT2D eigenvalue weighted by molar-refractivity contribution is 6.20. The molecule has 4 heteroatoms. The van der Waals surface area contributed by atoms with Gasteiger partial charge in [0, 0.05) is 17.9 Å². The molecule has 0 amide bonds. The first kappa shape index (κ1) is 15.4. The molecule has 3 nitrogen and oxygen atoms in total. The maximum Gasteiger partial charge on any atom is 0.0703 e. The zero-order valence-corrected chi connectivity index (χ0v) is 14.2. The highest BCUT2D eigenvalue weighted by atomic mass is 35.5. The van der Waals surface area contributed by atoms with E-state index in [1.165, 1.54) is 36.9 Å². The largest absolute Gasteiger partial charge is 0.375 e. The lowest BCUT2D eigenvalue weighted by atomic mass is 9.89. The van der Waals surface area contributed by atoms with Crippen LogP contribution in [0.15, 0.2) is 0 Å². The van der Waals surface area contributed by atoms with Crippen molar-refractivity contribution in [1.82, 2.24) is 9.78 Å². The maximum atomic E-state index is 6.50. The average Bonchev–Trinajstić information content (AvgIpc) is 3.03. The molecular formula is C17H27ClN2O. The van der Waals surface area contributed by atoms with Gasteiger partial charge < -0.3 is 4.74 Å². The predicted octanol–water partition coefficient (Wildman–Crippen LogP) is 4.85. The second-order valence-electron chi connectivity index (χ2n) is 6.79. The minimum Gasteiger partial charge on any atom is -0.375 e. The van der Waals surface area contributed by atoms with E-state index < -0.39 is 0 Å². The number of aryl methyl sites for hydroxylation is 1. The molecule has 0 bridgehead atoms. The smallest absolute Gasteiger partial charge is 0.0703 e. The van der Waals surface area contributed by atoms with Crippen LogP contribution in [0, 0.1) is 13.8 Å². The molecule has 1 aliphatic carbocycles. The Labute approximate surface area is 133 Å². The van der Waals surface area contributed by atoms with E-state index >= 15 is 0 Å². The molecule has 118 valence electrons. The van der Waals surface area contributed by atoms with Crippen LogP contribution in [0.2, 0.25) is 0 Å². The number of nitrogens with zero attached hydrogens (tertiary/aromatic N) is 2. The van der Waals surface area contributed by atoms with Crippen LogP contribution >= 0.6 is 11.6 Å². The molecule has 1 saturated carbocycles. The Morgan fingerprint density at radius 3 is 2.76 bits per heavy atom. The number of halogens is 1. The van der Waals surface area contributed by atoms with Gasteiger partial charge in [-0.15, -0.1) is 11.6 Å². The minimum absolute atomic E-state index is 0.0824. The van der Waals surface area contributed by atoms with Crippen molar-refractivity contribution in [3.05, 3.63) is 17.0 Å². The van der Waals surface area contributed by atoms with E-state index in [2.05, 4.69) is 25.5 Å².